The Hall–Kier alpha value is -3.73. The van der Waals surface area contributed by atoms with Gasteiger partial charge in [0, 0.05) is 24.2 Å². The summed E-state index contributed by atoms with van der Waals surface area (Å²) in [6, 6.07) is 7.87. The summed E-state index contributed by atoms with van der Waals surface area (Å²) in [6.45, 7) is 4.14. The van der Waals surface area contributed by atoms with Gasteiger partial charge >= 0.3 is 5.69 Å². The van der Waals surface area contributed by atoms with Crippen LogP contribution in [0.3, 0.4) is 0 Å². The number of nitrogens with zero attached hydrogens (tertiary/aromatic N) is 4. The molecule has 0 fully saturated rings. The van der Waals surface area contributed by atoms with Crippen LogP contribution >= 0.6 is 0 Å². The van der Waals surface area contributed by atoms with Crippen LogP contribution in [-0.2, 0) is 9.84 Å². The molecule has 0 amide bonds. The Balaban J connectivity index is 1.89. The highest BCUT2D eigenvalue weighted by Crippen LogP contribution is 2.33. The summed E-state index contributed by atoms with van der Waals surface area (Å²) in [5.41, 5.74) is 3.15. The zero-order valence-electron chi connectivity index (χ0n) is 19.3. The molecule has 0 saturated carbocycles. The number of aryl methyl sites for hydroxylation is 1. The second-order valence-electron chi connectivity index (χ2n) is 7.91. The molecule has 4 rings (SSSR count). The van der Waals surface area contributed by atoms with Crippen molar-refractivity contribution in [1.82, 2.24) is 24.7 Å². The number of benzene rings is 1. The molecule has 0 aliphatic rings. The van der Waals surface area contributed by atoms with Crippen molar-refractivity contribution in [3.05, 3.63) is 64.3 Å². The molecule has 4 aromatic rings. The summed E-state index contributed by atoms with van der Waals surface area (Å²) >= 11 is 0. The number of methoxy groups -OCH3 is 1. The van der Waals surface area contributed by atoms with Crippen molar-refractivity contribution in [3.63, 3.8) is 0 Å². The van der Waals surface area contributed by atoms with Gasteiger partial charge in [0.1, 0.15) is 9.84 Å². The zero-order valence-corrected chi connectivity index (χ0v) is 20.1. The lowest BCUT2D eigenvalue weighted by Crippen LogP contribution is -2.28. The molecule has 3 heterocycles. The number of hydrogen-bond acceptors (Lipinski definition) is 8. The highest BCUT2D eigenvalue weighted by Gasteiger charge is 2.26. The Kier molecular flexibility index (Phi) is 6.38. The number of ether oxygens (including phenoxy) is 2. The van der Waals surface area contributed by atoms with Crippen LogP contribution in [0.2, 0.25) is 0 Å². The van der Waals surface area contributed by atoms with Crippen LogP contribution in [-0.4, -0.2) is 58.9 Å². The van der Waals surface area contributed by atoms with Gasteiger partial charge in [0.2, 0.25) is 0 Å². The van der Waals surface area contributed by atoms with Crippen molar-refractivity contribution in [2.24, 2.45) is 0 Å². The number of sulfone groups is 1. The molecule has 34 heavy (non-hydrogen) atoms. The molecule has 0 spiro atoms. The summed E-state index contributed by atoms with van der Waals surface area (Å²) in [5.74, 6) is 0.670. The molecule has 0 aliphatic heterocycles. The number of aromatic nitrogens is 5. The van der Waals surface area contributed by atoms with Crippen LogP contribution < -0.4 is 15.2 Å². The maximum absolute atomic E-state index is 13.1. The maximum atomic E-state index is 13.1. The first-order chi connectivity index (χ1) is 16.2. The van der Waals surface area contributed by atoms with E-state index in [0.29, 0.717) is 46.1 Å². The first kappa shape index (κ1) is 23.4. The Bertz CT molecular complexity index is 1510. The third-order valence-corrected chi connectivity index (χ3v) is 6.32. The second-order valence-corrected chi connectivity index (χ2v) is 10.1. The number of aromatic amines is 1. The fourth-order valence-corrected chi connectivity index (χ4v) is 4.80. The summed E-state index contributed by atoms with van der Waals surface area (Å²) in [6.07, 6.45) is 4.33. The molecule has 1 atom stereocenters. The third kappa shape index (κ3) is 4.65. The first-order valence-corrected chi connectivity index (χ1v) is 12.6. The van der Waals surface area contributed by atoms with Crippen LogP contribution in [0.5, 0.6) is 11.5 Å². The lowest BCUT2D eigenvalue weighted by molar-refractivity contribution is 0.310. The van der Waals surface area contributed by atoms with E-state index in [1.165, 1.54) is 11.7 Å². The van der Waals surface area contributed by atoms with E-state index in [2.05, 4.69) is 20.2 Å². The predicted octanol–water partition coefficient (Wildman–Crippen LogP) is 2.53. The van der Waals surface area contributed by atoms with Crippen molar-refractivity contribution in [1.29, 1.82) is 0 Å². The average molecular weight is 484 g/mol. The van der Waals surface area contributed by atoms with Crippen LogP contribution in [0, 0.1) is 6.92 Å². The quantitative estimate of drug-likeness (QED) is 0.405. The Morgan fingerprint density at radius 3 is 2.65 bits per heavy atom. The van der Waals surface area contributed by atoms with Crippen LogP contribution in [0.4, 0.5) is 0 Å². The Morgan fingerprint density at radius 1 is 1.18 bits per heavy atom. The molecule has 0 bridgehead atoms. The normalized spacial score (nSPS) is 12.6. The fourth-order valence-electron chi connectivity index (χ4n) is 3.89. The van der Waals surface area contributed by atoms with E-state index in [4.69, 9.17) is 9.47 Å². The van der Waals surface area contributed by atoms with Gasteiger partial charge in [-0.2, -0.15) is 10.2 Å². The zero-order chi connectivity index (χ0) is 24.5. The van der Waals surface area contributed by atoms with Gasteiger partial charge in [-0.3, -0.25) is 4.57 Å². The smallest absolute Gasteiger partial charge is 0.328 e. The van der Waals surface area contributed by atoms with Gasteiger partial charge < -0.3 is 14.5 Å². The van der Waals surface area contributed by atoms with E-state index in [0.717, 1.165) is 11.8 Å². The number of H-pyrrole nitrogens is 1. The maximum Gasteiger partial charge on any atom is 0.328 e. The van der Waals surface area contributed by atoms with E-state index in [-0.39, 0.29) is 5.75 Å². The van der Waals surface area contributed by atoms with Crippen molar-refractivity contribution < 1.29 is 17.9 Å². The van der Waals surface area contributed by atoms with Gasteiger partial charge in [-0.25, -0.2) is 18.2 Å². The van der Waals surface area contributed by atoms with Crippen LogP contribution in [0.25, 0.3) is 22.4 Å². The molecule has 11 heteroatoms. The van der Waals surface area contributed by atoms with Gasteiger partial charge in [0.25, 0.3) is 0 Å². The van der Waals surface area contributed by atoms with Crippen LogP contribution in [0.15, 0.2) is 47.5 Å². The molecular weight excluding hydrogens is 458 g/mol. The lowest BCUT2D eigenvalue weighted by Gasteiger charge is -2.20. The number of hydrogen-bond donors (Lipinski definition) is 1. The summed E-state index contributed by atoms with van der Waals surface area (Å²) in [5, 5.41) is 8.09. The van der Waals surface area contributed by atoms with Gasteiger partial charge in [0.05, 0.1) is 36.7 Å². The third-order valence-electron chi connectivity index (χ3n) is 5.40. The molecule has 1 aromatic carbocycles. The summed E-state index contributed by atoms with van der Waals surface area (Å²) in [7, 11) is -1.95. The highest BCUT2D eigenvalue weighted by atomic mass is 32.2. The molecule has 0 radical (unpaired) electrons. The molecule has 3 aromatic heterocycles. The van der Waals surface area contributed by atoms with Crippen molar-refractivity contribution in [2.75, 3.05) is 25.7 Å². The molecule has 0 unspecified atom stereocenters. The van der Waals surface area contributed by atoms with Gasteiger partial charge in [-0.05, 0) is 49.2 Å². The minimum atomic E-state index is -3.47. The number of pyridine rings is 1. The number of imidazole rings is 1. The largest absolute Gasteiger partial charge is 0.493 e. The van der Waals surface area contributed by atoms with E-state index < -0.39 is 21.6 Å². The van der Waals surface area contributed by atoms with Crippen molar-refractivity contribution in [2.45, 2.75) is 19.9 Å². The van der Waals surface area contributed by atoms with Gasteiger partial charge in [0.15, 0.2) is 17.1 Å². The van der Waals surface area contributed by atoms with Crippen molar-refractivity contribution >= 4 is 21.0 Å². The summed E-state index contributed by atoms with van der Waals surface area (Å²) < 4.78 is 37.1. The fraction of sp³-hybridized carbons (Fsp3) is 0.304. The number of rotatable bonds is 8. The van der Waals surface area contributed by atoms with E-state index >= 15 is 0 Å². The lowest BCUT2D eigenvalue weighted by atomic mass is 10.1. The summed E-state index contributed by atoms with van der Waals surface area (Å²) in [4.78, 5) is 20.4. The van der Waals surface area contributed by atoms with Crippen molar-refractivity contribution in [3.8, 4) is 22.8 Å². The molecule has 0 saturated heterocycles. The molecule has 178 valence electrons. The van der Waals surface area contributed by atoms with Gasteiger partial charge in [-0.1, -0.05) is 6.07 Å². The van der Waals surface area contributed by atoms with E-state index in [1.807, 2.05) is 19.9 Å². The monoisotopic (exact) mass is 483 g/mol. The van der Waals surface area contributed by atoms with Crippen LogP contribution in [0.1, 0.15) is 24.1 Å². The minimum absolute atomic E-state index is 0.301. The molecule has 1 N–H and O–H groups in total. The minimum Gasteiger partial charge on any atom is -0.493 e. The SMILES string of the molecule is CCOc1cc([C@@H](CS(C)(=O)=O)n2c(=O)[nH]c3cc(-c4nnccc4C)cnc32)ccc1OC. The molecule has 0 aliphatic carbocycles. The topological polar surface area (TPSA) is 129 Å². The standard InChI is InChI=1S/C23H25N5O5S/c1-5-33-20-11-15(6-7-19(20)32-3)18(13-34(4,30)31)28-22-17(26-23(28)29)10-16(12-24-22)21-14(2)8-9-25-27-21/h6-12,18H,5,13H2,1-4H3,(H,26,29)/t18-/m1/s1. The average Bonchev–Trinajstić information content (AvgIpc) is 3.12. The molecular formula is C23H25N5O5S. The number of fused-ring (bicyclic) bond motifs is 1. The van der Waals surface area contributed by atoms with E-state index in [9.17, 15) is 13.2 Å². The number of nitrogens with one attached hydrogen (secondary N) is 1. The molecule has 10 nitrogen and oxygen atoms in total. The van der Waals surface area contributed by atoms with Gasteiger partial charge in [-0.15, -0.1) is 0 Å². The Morgan fingerprint density at radius 2 is 1.97 bits per heavy atom. The first-order valence-electron chi connectivity index (χ1n) is 10.6. The Labute approximate surface area is 196 Å². The van der Waals surface area contributed by atoms with E-state index in [1.54, 1.807) is 36.7 Å². The predicted molar refractivity (Wildman–Crippen MR) is 128 cm³/mol. The highest BCUT2D eigenvalue weighted by molar-refractivity contribution is 7.90. The second kappa shape index (κ2) is 9.26.